The van der Waals surface area contributed by atoms with Gasteiger partial charge in [-0.15, -0.1) is 0 Å². The first-order chi connectivity index (χ1) is 12.1. The molecule has 0 rings (SSSR count). The Labute approximate surface area is 172 Å². The molecule has 3 nitrogen and oxygen atoms in total. The van der Waals surface area contributed by atoms with E-state index in [1.165, 1.54) is 25.7 Å². The summed E-state index contributed by atoms with van der Waals surface area (Å²) in [5, 5.41) is 10.5. The number of aliphatic hydroxyl groups is 1. The molecule has 0 saturated heterocycles. The largest absolute Gasteiger partial charge is 0.411 e. The summed E-state index contributed by atoms with van der Waals surface area (Å²) in [4.78, 5) is 0. The molecule has 0 spiro atoms. The maximum Gasteiger partial charge on any atom is 0.192 e. The molecule has 0 amide bonds. The first kappa shape index (κ1) is 27.3. The van der Waals surface area contributed by atoms with Gasteiger partial charge in [0.05, 0.1) is 18.8 Å². The molecule has 0 bridgehead atoms. The summed E-state index contributed by atoms with van der Waals surface area (Å²) in [6.07, 6.45) is 7.00. The fourth-order valence-electron chi connectivity index (χ4n) is 2.61. The molecule has 27 heavy (non-hydrogen) atoms. The minimum absolute atomic E-state index is 0.00774. The lowest BCUT2D eigenvalue weighted by Gasteiger charge is -2.44. The normalized spacial score (nSPS) is 16.4. The van der Waals surface area contributed by atoms with Gasteiger partial charge in [-0.25, -0.2) is 0 Å². The number of hydrogen-bond donors (Lipinski definition) is 1. The third kappa shape index (κ3) is 9.11. The minimum atomic E-state index is -1.96. The molecule has 0 fully saturated rings. The summed E-state index contributed by atoms with van der Waals surface area (Å²) in [6.45, 7) is 25.0. The Hall–Kier alpha value is 0.314. The van der Waals surface area contributed by atoms with Gasteiger partial charge in [0.15, 0.2) is 16.6 Å². The molecule has 0 aromatic rings. The van der Waals surface area contributed by atoms with Crippen molar-refractivity contribution in [1.82, 2.24) is 0 Å². The lowest BCUT2D eigenvalue weighted by molar-refractivity contribution is -0.00412. The second-order valence-corrected chi connectivity index (χ2v) is 20.7. The molecule has 2 atom stereocenters. The van der Waals surface area contributed by atoms with Gasteiger partial charge < -0.3 is 14.0 Å². The maximum absolute atomic E-state index is 10.2. The van der Waals surface area contributed by atoms with Crippen molar-refractivity contribution in [2.24, 2.45) is 0 Å². The van der Waals surface area contributed by atoms with E-state index >= 15 is 0 Å². The zero-order valence-electron chi connectivity index (χ0n) is 20.4. The molecule has 5 heteroatoms. The molecular formula is C22H50O3Si2. The summed E-state index contributed by atoms with van der Waals surface area (Å²) in [5.41, 5.74) is 0. The monoisotopic (exact) mass is 418 g/mol. The van der Waals surface area contributed by atoms with Crippen LogP contribution < -0.4 is 0 Å². The quantitative estimate of drug-likeness (QED) is 0.271. The van der Waals surface area contributed by atoms with Crippen LogP contribution in [0.4, 0.5) is 0 Å². The van der Waals surface area contributed by atoms with Crippen LogP contribution in [0, 0.1) is 0 Å². The van der Waals surface area contributed by atoms with Crippen LogP contribution >= 0.6 is 0 Å². The molecule has 164 valence electrons. The molecule has 0 aliphatic carbocycles. The van der Waals surface area contributed by atoms with Gasteiger partial charge in [0.1, 0.15) is 0 Å². The third-order valence-electron chi connectivity index (χ3n) is 6.69. The van der Waals surface area contributed by atoms with Gasteiger partial charge in [-0.05, 0) is 42.7 Å². The minimum Gasteiger partial charge on any atom is -0.411 e. The molecule has 1 N–H and O–H groups in total. The van der Waals surface area contributed by atoms with Crippen LogP contribution in [0.25, 0.3) is 0 Å². The van der Waals surface area contributed by atoms with Gasteiger partial charge in [-0.2, -0.15) is 0 Å². The van der Waals surface area contributed by atoms with E-state index in [0.717, 1.165) is 12.8 Å². The smallest absolute Gasteiger partial charge is 0.192 e. The topological polar surface area (TPSA) is 38.7 Å². The van der Waals surface area contributed by atoms with Crippen LogP contribution in [0.5, 0.6) is 0 Å². The maximum atomic E-state index is 10.2. The number of aliphatic hydroxyl groups excluding tert-OH is 1. The highest BCUT2D eigenvalue weighted by atomic mass is 28.4. The summed E-state index contributed by atoms with van der Waals surface area (Å²) in [6, 6.07) is 0. The predicted molar refractivity (Wildman–Crippen MR) is 125 cm³/mol. The lowest BCUT2D eigenvalue weighted by Crippen LogP contribution is -2.53. The molecule has 0 aliphatic rings. The van der Waals surface area contributed by atoms with Gasteiger partial charge in [-0.1, -0.05) is 80.6 Å². The van der Waals surface area contributed by atoms with E-state index in [1.54, 1.807) is 0 Å². The highest BCUT2D eigenvalue weighted by Gasteiger charge is 2.44. The molecule has 0 saturated carbocycles. The van der Waals surface area contributed by atoms with Gasteiger partial charge in [0, 0.05) is 0 Å². The Kier molecular flexibility index (Phi) is 11.0. The van der Waals surface area contributed by atoms with Crippen molar-refractivity contribution >= 4 is 16.6 Å². The molecule has 0 aromatic heterocycles. The van der Waals surface area contributed by atoms with Crippen molar-refractivity contribution in [3.63, 3.8) is 0 Å². The van der Waals surface area contributed by atoms with E-state index < -0.39 is 16.6 Å². The molecule has 0 heterocycles. The van der Waals surface area contributed by atoms with Crippen LogP contribution in [-0.2, 0) is 8.85 Å². The molecule has 0 aliphatic heterocycles. The number of rotatable bonds is 12. The van der Waals surface area contributed by atoms with Gasteiger partial charge in [0.25, 0.3) is 0 Å². The summed E-state index contributed by atoms with van der Waals surface area (Å²) in [7, 11) is -3.88. The Morgan fingerprint density at radius 3 is 1.48 bits per heavy atom. The summed E-state index contributed by atoms with van der Waals surface area (Å²) >= 11 is 0. The summed E-state index contributed by atoms with van der Waals surface area (Å²) < 4.78 is 13.4. The van der Waals surface area contributed by atoms with Crippen LogP contribution in [0.2, 0.25) is 36.3 Å². The zero-order chi connectivity index (χ0) is 21.5. The van der Waals surface area contributed by atoms with E-state index in [9.17, 15) is 5.11 Å². The first-order valence-electron chi connectivity index (χ1n) is 11.1. The Bertz CT molecular complexity index is 409. The highest BCUT2D eigenvalue weighted by Crippen LogP contribution is 2.41. The van der Waals surface area contributed by atoms with E-state index in [4.69, 9.17) is 8.85 Å². The Balaban J connectivity index is 5.33. The first-order valence-corrected chi connectivity index (χ1v) is 16.9. The van der Waals surface area contributed by atoms with Crippen molar-refractivity contribution in [2.75, 3.05) is 6.61 Å². The van der Waals surface area contributed by atoms with Crippen LogP contribution in [0.3, 0.4) is 0 Å². The van der Waals surface area contributed by atoms with E-state index in [2.05, 4.69) is 74.7 Å². The number of hydrogen-bond acceptors (Lipinski definition) is 3. The molecule has 0 unspecified atom stereocenters. The Morgan fingerprint density at radius 1 is 0.704 bits per heavy atom. The van der Waals surface area contributed by atoms with Crippen LogP contribution in [-0.4, -0.2) is 40.6 Å². The highest BCUT2D eigenvalue weighted by molar-refractivity contribution is 6.74. The SMILES string of the molecule is CCCCCCC[C@H](O[Si](C)(C)C(C)(C)C)[C@H](CO)O[Si](C)(C)C(C)(C)C. The molecular weight excluding hydrogens is 368 g/mol. The lowest BCUT2D eigenvalue weighted by atomic mass is 10.1. The van der Waals surface area contributed by atoms with Crippen LogP contribution in [0.15, 0.2) is 0 Å². The fourth-order valence-corrected chi connectivity index (χ4v) is 5.33. The van der Waals surface area contributed by atoms with Crippen LogP contribution in [0.1, 0.15) is 87.0 Å². The predicted octanol–water partition coefficient (Wildman–Crippen LogP) is 7.12. The van der Waals surface area contributed by atoms with Crippen molar-refractivity contribution in [3.05, 3.63) is 0 Å². The van der Waals surface area contributed by atoms with E-state index in [-0.39, 0.29) is 28.9 Å². The molecule has 0 radical (unpaired) electrons. The van der Waals surface area contributed by atoms with Gasteiger partial charge >= 0.3 is 0 Å². The van der Waals surface area contributed by atoms with Crippen molar-refractivity contribution in [3.8, 4) is 0 Å². The van der Waals surface area contributed by atoms with Crippen molar-refractivity contribution < 1.29 is 14.0 Å². The second kappa shape index (κ2) is 10.9. The fraction of sp³-hybridized carbons (Fsp3) is 1.00. The van der Waals surface area contributed by atoms with E-state index in [1.807, 2.05) is 0 Å². The second-order valence-electron chi connectivity index (χ2n) is 11.2. The third-order valence-corrected chi connectivity index (χ3v) is 15.7. The summed E-state index contributed by atoms with van der Waals surface area (Å²) in [5.74, 6) is 0. The van der Waals surface area contributed by atoms with Crippen molar-refractivity contribution in [2.45, 2.75) is 135 Å². The number of unbranched alkanes of at least 4 members (excludes halogenated alkanes) is 4. The van der Waals surface area contributed by atoms with Gasteiger partial charge in [-0.3, -0.25) is 0 Å². The zero-order valence-corrected chi connectivity index (χ0v) is 22.4. The average Bonchev–Trinajstić information content (AvgIpc) is 2.49. The molecule has 0 aromatic carbocycles. The standard InChI is InChI=1S/C22H50O3Si2/c1-12-13-14-15-16-17-19(24-26(8,9)21(2,3)4)20(18-23)25-27(10,11)22(5,6)7/h19-20,23H,12-18H2,1-11H3/t19-,20-/m0/s1. The Morgan fingerprint density at radius 2 is 1.11 bits per heavy atom. The average molecular weight is 419 g/mol. The van der Waals surface area contributed by atoms with Gasteiger partial charge in [0.2, 0.25) is 0 Å². The van der Waals surface area contributed by atoms with E-state index in [0.29, 0.717) is 0 Å². The van der Waals surface area contributed by atoms with Crippen molar-refractivity contribution in [1.29, 1.82) is 0 Å².